The topological polar surface area (TPSA) is 299 Å². The number of benzene rings is 3. The number of nitrogens with zero attached hydrogens (tertiary/aromatic N) is 2. The maximum atomic E-state index is 11.6. The first kappa shape index (κ1) is 55.3. The number of nitro benzene ring substituents is 2. The zero-order valence-corrected chi connectivity index (χ0v) is 36.9. The average Bonchev–Trinajstić information content (AvgIpc) is 3.12. The molecule has 0 radical (unpaired) electrons. The number of nitrogens with one attached hydrogen (secondary N) is 1. The van der Waals surface area contributed by atoms with Gasteiger partial charge in [0.15, 0.2) is 0 Å². The maximum Gasteiger partial charge on any atom is 0.519 e. The molecule has 8 N–H and O–H groups in total. The standard InChI is InChI=1S/C14H20N2O5.C10H18O5.C9H12N2O3.C9H13NO/c1-9(15-13(18)21-14(2,3)4)12(17)10-5-7-11(8-6-10)16(19)20;1-9(2,3)14-7(11)13-8(12)15-10(4,5)6;1-6(10)9(12)7-2-4-8(5-3-7)11(13)14;1-7(10)9(11)8-5-3-2-4-6-8/h5-9,12,17H,1-4H3,(H,15,18);1-6H3;2-6,9,12H,10H2,1H3;2-7,9,11H,10H2,1H3/t9-,12-;;6-,9-;7-,9-/m1.11/s1. The summed E-state index contributed by atoms with van der Waals surface area (Å²) in [6.45, 7) is 20.3. The van der Waals surface area contributed by atoms with Crippen molar-refractivity contribution in [3.8, 4) is 0 Å². The minimum atomic E-state index is -1.06. The van der Waals surface area contributed by atoms with Crippen molar-refractivity contribution < 1.29 is 58.5 Å². The first-order chi connectivity index (χ1) is 27.8. The van der Waals surface area contributed by atoms with Gasteiger partial charge in [-0.2, -0.15) is 0 Å². The summed E-state index contributed by atoms with van der Waals surface area (Å²) in [6.07, 6.45) is -5.06. The Morgan fingerprint density at radius 1 is 0.557 bits per heavy atom. The molecule has 0 aliphatic rings. The molecule has 19 nitrogen and oxygen atoms in total. The van der Waals surface area contributed by atoms with Crippen molar-refractivity contribution >= 4 is 29.8 Å². The van der Waals surface area contributed by atoms with Crippen LogP contribution in [-0.2, 0) is 18.9 Å². The van der Waals surface area contributed by atoms with Crippen LogP contribution in [0.2, 0.25) is 0 Å². The molecule has 0 saturated heterocycles. The fraction of sp³-hybridized carbons (Fsp3) is 0.500. The second-order valence-corrected chi connectivity index (χ2v) is 16.6. The van der Waals surface area contributed by atoms with Gasteiger partial charge < -0.3 is 51.1 Å². The van der Waals surface area contributed by atoms with E-state index in [1.165, 1.54) is 48.5 Å². The summed E-state index contributed by atoms with van der Waals surface area (Å²) in [7, 11) is 0. The van der Waals surface area contributed by atoms with Crippen molar-refractivity contribution in [3.05, 3.63) is 116 Å². The van der Waals surface area contributed by atoms with Crippen molar-refractivity contribution in [2.24, 2.45) is 11.5 Å². The number of aliphatic hydroxyl groups is 3. The zero-order chi connectivity index (χ0) is 47.5. The van der Waals surface area contributed by atoms with Gasteiger partial charge in [-0.3, -0.25) is 20.2 Å². The molecule has 0 fully saturated rings. The highest BCUT2D eigenvalue weighted by Crippen LogP contribution is 2.22. The molecule has 0 bridgehead atoms. The second kappa shape index (κ2) is 25.1. The monoisotopic (exact) mass is 861 g/mol. The largest absolute Gasteiger partial charge is 0.519 e. The fourth-order valence-electron chi connectivity index (χ4n) is 4.31. The first-order valence-corrected chi connectivity index (χ1v) is 19.1. The third-order valence-electron chi connectivity index (χ3n) is 7.19. The molecular weight excluding hydrogens is 798 g/mol. The second-order valence-electron chi connectivity index (χ2n) is 16.6. The molecule has 61 heavy (non-hydrogen) atoms. The third-order valence-corrected chi connectivity index (χ3v) is 7.19. The van der Waals surface area contributed by atoms with Gasteiger partial charge in [0.2, 0.25) is 0 Å². The van der Waals surface area contributed by atoms with Crippen LogP contribution in [0, 0.1) is 20.2 Å². The molecule has 0 aliphatic carbocycles. The van der Waals surface area contributed by atoms with Gasteiger partial charge in [0, 0.05) is 36.3 Å². The first-order valence-electron chi connectivity index (χ1n) is 19.1. The predicted octanol–water partition coefficient (Wildman–Crippen LogP) is 7.46. The number of hydrogen-bond acceptors (Lipinski definition) is 16. The number of nitrogens with two attached hydrogens (primary N) is 2. The number of aliphatic hydroxyl groups excluding tert-OH is 3. The molecule has 19 heteroatoms. The van der Waals surface area contributed by atoms with E-state index in [1.807, 2.05) is 30.3 Å². The van der Waals surface area contributed by atoms with Crippen molar-refractivity contribution in [2.45, 2.75) is 136 Å². The van der Waals surface area contributed by atoms with Crippen LogP contribution in [-0.4, -0.2) is 78.5 Å². The van der Waals surface area contributed by atoms with Crippen LogP contribution in [0.25, 0.3) is 0 Å². The highest BCUT2D eigenvalue weighted by molar-refractivity contribution is 5.77. The van der Waals surface area contributed by atoms with Gasteiger partial charge in [-0.25, -0.2) is 14.4 Å². The molecule has 0 unspecified atom stereocenters. The van der Waals surface area contributed by atoms with Crippen molar-refractivity contribution in [1.29, 1.82) is 0 Å². The Hall–Kier alpha value is -5.73. The molecule has 0 aliphatic heterocycles. The van der Waals surface area contributed by atoms with Gasteiger partial charge in [0.1, 0.15) is 16.8 Å². The lowest BCUT2D eigenvalue weighted by Gasteiger charge is -2.24. The van der Waals surface area contributed by atoms with Gasteiger partial charge in [0.05, 0.1) is 34.2 Å². The summed E-state index contributed by atoms with van der Waals surface area (Å²) in [5, 5.41) is 52.6. The fourth-order valence-corrected chi connectivity index (χ4v) is 4.31. The minimum Gasteiger partial charge on any atom is -0.444 e. The van der Waals surface area contributed by atoms with E-state index >= 15 is 0 Å². The number of carbonyl (C=O) groups excluding carboxylic acids is 3. The summed E-state index contributed by atoms with van der Waals surface area (Å²) in [4.78, 5) is 53.5. The predicted molar refractivity (Wildman–Crippen MR) is 227 cm³/mol. The quantitative estimate of drug-likeness (QED) is 0.0400. The van der Waals surface area contributed by atoms with Gasteiger partial charge in [-0.15, -0.1) is 0 Å². The summed E-state index contributed by atoms with van der Waals surface area (Å²) in [6, 6.07) is 19.5. The lowest BCUT2D eigenvalue weighted by Crippen LogP contribution is -2.40. The Morgan fingerprint density at radius 2 is 0.869 bits per heavy atom. The molecule has 6 atom stereocenters. The molecule has 3 rings (SSSR count). The number of alkyl carbamates (subject to hydrolysis) is 1. The maximum absolute atomic E-state index is 11.6. The third kappa shape index (κ3) is 24.8. The summed E-state index contributed by atoms with van der Waals surface area (Å²) in [5.74, 6) is 0. The number of non-ortho nitro benzene ring substituents is 2. The SMILES string of the molecule is CC(C)(C)OC(=O)OC(=O)OC(C)(C)C.C[C@@H](N)[C@@H](O)c1ccc([N+](=O)[O-])cc1.C[C@@H](N)[C@@H](O)c1ccccc1.C[C@@H](NC(=O)OC(C)(C)C)[C@@H](O)c1ccc([N+](=O)[O-])cc1. The number of rotatable bonds is 9. The van der Waals surface area contributed by atoms with E-state index in [4.69, 9.17) is 25.7 Å². The number of amides is 1. The smallest absolute Gasteiger partial charge is 0.444 e. The van der Waals surface area contributed by atoms with Gasteiger partial charge in [-0.1, -0.05) is 30.3 Å². The van der Waals surface area contributed by atoms with E-state index < -0.39 is 75.4 Å². The molecule has 1 amide bonds. The number of carbonyl (C=O) groups is 3. The Balaban J connectivity index is 0.000000808. The lowest BCUT2D eigenvalue weighted by molar-refractivity contribution is -0.385. The highest BCUT2D eigenvalue weighted by atomic mass is 16.8. The Kier molecular flexibility index (Phi) is 22.8. The van der Waals surface area contributed by atoms with Gasteiger partial charge in [-0.05, 0) is 124 Å². The number of ether oxygens (including phenoxy) is 4. The number of nitro groups is 2. The van der Waals surface area contributed by atoms with Crippen molar-refractivity contribution in [3.63, 3.8) is 0 Å². The number of hydrogen-bond donors (Lipinski definition) is 6. The van der Waals surface area contributed by atoms with Crippen molar-refractivity contribution in [2.75, 3.05) is 0 Å². The molecule has 0 aromatic heterocycles. The van der Waals surface area contributed by atoms with Crippen molar-refractivity contribution in [1.82, 2.24) is 5.32 Å². The van der Waals surface area contributed by atoms with E-state index in [0.717, 1.165) is 5.56 Å². The van der Waals surface area contributed by atoms with E-state index in [2.05, 4.69) is 10.1 Å². The Bertz CT molecular complexity index is 1780. The van der Waals surface area contributed by atoms with E-state index in [0.29, 0.717) is 11.1 Å². The summed E-state index contributed by atoms with van der Waals surface area (Å²) < 4.78 is 18.9. The van der Waals surface area contributed by atoms with Crippen LogP contribution >= 0.6 is 0 Å². The average molecular weight is 862 g/mol. The molecular formula is C42H63N5O14. The molecule has 3 aromatic carbocycles. The summed E-state index contributed by atoms with van der Waals surface area (Å²) in [5.41, 5.74) is 10.9. The molecule has 0 saturated carbocycles. The molecule has 3 aromatic rings. The van der Waals surface area contributed by atoms with E-state index in [9.17, 15) is 49.9 Å². The van der Waals surface area contributed by atoms with Gasteiger partial charge >= 0.3 is 18.4 Å². The lowest BCUT2D eigenvalue weighted by atomic mass is 10.0. The summed E-state index contributed by atoms with van der Waals surface area (Å²) >= 11 is 0. The van der Waals surface area contributed by atoms with Crippen LogP contribution in [0.5, 0.6) is 0 Å². The van der Waals surface area contributed by atoms with E-state index in [-0.39, 0.29) is 17.4 Å². The Morgan fingerprint density at radius 3 is 1.16 bits per heavy atom. The Labute approximate surface area is 356 Å². The van der Waals surface area contributed by atoms with Crippen LogP contribution < -0.4 is 16.8 Å². The van der Waals surface area contributed by atoms with Crippen LogP contribution in [0.1, 0.15) is 118 Å². The molecule has 340 valence electrons. The van der Waals surface area contributed by atoms with E-state index in [1.54, 1.807) is 83.1 Å². The van der Waals surface area contributed by atoms with Gasteiger partial charge in [0.25, 0.3) is 11.4 Å². The minimum absolute atomic E-state index is 0.00521. The highest BCUT2D eigenvalue weighted by Gasteiger charge is 2.25. The molecule has 0 heterocycles. The van der Waals surface area contributed by atoms with Crippen LogP contribution in [0.3, 0.4) is 0 Å². The molecule has 0 spiro atoms. The normalized spacial score (nSPS) is 14.0. The zero-order valence-electron chi connectivity index (χ0n) is 36.9. The van der Waals surface area contributed by atoms with Crippen LogP contribution in [0.4, 0.5) is 25.8 Å². The van der Waals surface area contributed by atoms with Crippen LogP contribution in [0.15, 0.2) is 78.9 Å².